The zero-order valence-electron chi connectivity index (χ0n) is 5.49. The average molecular weight is 172 g/mol. The van der Waals surface area contributed by atoms with Crippen LogP contribution in [-0.4, -0.2) is 11.3 Å². The summed E-state index contributed by atoms with van der Waals surface area (Å²) in [5.74, 6) is 0. The molecule has 0 radical (unpaired) electrons. The van der Waals surface area contributed by atoms with Crippen LogP contribution < -0.4 is 0 Å². The predicted octanol–water partition coefficient (Wildman–Crippen LogP) is 2.03. The Morgan fingerprint density at radius 3 is 1.60 bits per heavy atom. The SMILES string of the molecule is CC(C)(C(=O)S)C(F)(F)F. The zero-order chi connectivity index (χ0) is 8.58. The molecule has 0 saturated carbocycles. The number of hydrogen-bond donors (Lipinski definition) is 1. The van der Waals surface area contributed by atoms with Crippen LogP contribution in [-0.2, 0) is 4.79 Å². The lowest BCUT2D eigenvalue weighted by Crippen LogP contribution is -2.37. The van der Waals surface area contributed by atoms with Crippen LogP contribution in [0.2, 0.25) is 0 Å². The molecule has 0 aliphatic carbocycles. The van der Waals surface area contributed by atoms with E-state index in [1.165, 1.54) is 0 Å². The molecule has 0 aliphatic heterocycles. The van der Waals surface area contributed by atoms with Gasteiger partial charge in [-0.05, 0) is 13.8 Å². The van der Waals surface area contributed by atoms with E-state index in [1.54, 1.807) is 0 Å². The molecular weight excluding hydrogens is 165 g/mol. The van der Waals surface area contributed by atoms with Crippen LogP contribution in [0.4, 0.5) is 13.2 Å². The Balaban J connectivity index is 4.57. The van der Waals surface area contributed by atoms with Gasteiger partial charge in [-0.3, -0.25) is 4.79 Å². The minimum atomic E-state index is -4.51. The van der Waals surface area contributed by atoms with Gasteiger partial charge >= 0.3 is 6.18 Å². The van der Waals surface area contributed by atoms with E-state index in [0.29, 0.717) is 0 Å². The number of hydrogen-bond acceptors (Lipinski definition) is 1. The number of thiol groups is 1. The van der Waals surface area contributed by atoms with Crippen molar-refractivity contribution in [1.29, 1.82) is 0 Å². The van der Waals surface area contributed by atoms with Gasteiger partial charge in [-0.1, -0.05) is 0 Å². The fourth-order valence-corrected chi connectivity index (χ4v) is 0.248. The van der Waals surface area contributed by atoms with Gasteiger partial charge in [-0.15, -0.1) is 12.6 Å². The molecule has 0 N–H and O–H groups in total. The highest BCUT2D eigenvalue weighted by atomic mass is 32.1. The average Bonchev–Trinajstić information content (AvgIpc) is 1.62. The fraction of sp³-hybridized carbons (Fsp3) is 0.800. The minimum Gasteiger partial charge on any atom is -0.287 e. The van der Waals surface area contributed by atoms with E-state index in [9.17, 15) is 18.0 Å². The Kier molecular flexibility index (Phi) is 2.40. The van der Waals surface area contributed by atoms with Gasteiger partial charge in [0.2, 0.25) is 5.12 Å². The standard InChI is InChI=1S/C5H7F3OS/c1-4(2,3(9)10)5(6,7)8/h1-2H3,(H,9,10). The molecule has 0 unspecified atom stereocenters. The van der Waals surface area contributed by atoms with Crippen molar-refractivity contribution >= 4 is 17.7 Å². The van der Waals surface area contributed by atoms with Crippen LogP contribution in [0.5, 0.6) is 0 Å². The van der Waals surface area contributed by atoms with Crippen molar-refractivity contribution in [2.45, 2.75) is 20.0 Å². The normalized spacial score (nSPS) is 13.4. The molecule has 0 amide bonds. The van der Waals surface area contributed by atoms with Gasteiger partial charge in [0, 0.05) is 0 Å². The first-order valence-electron chi connectivity index (χ1n) is 2.49. The zero-order valence-corrected chi connectivity index (χ0v) is 6.38. The summed E-state index contributed by atoms with van der Waals surface area (Å²) >= 11 is 3.11. The molecule has 0 aromatic heterocycles. The summed E-state index contributed by atoms with van der Waals surface area (Å²) in [5, 5.41) is -1.17. The first-order valence-corrected chi connectivity index (χ1v) is 2.94. The lowest BCUT2D eigenvalue weighted by Gasteiger charge is -2.23. The maximum atomic E-state index is 11.8. The Hall–Kier alpha value is -0.190. The maximum Gasteiger partial charge on any atom is 0.401 e. The van der Waals surface area contributed by atoms with Crippen molar-refractivity contribution in [2.75, 3.05) is 0 Å². The summed E-state index contributed by atoms with van der Waals surface area (Å²) in [7, 11) is 0. The lowest BCUT2D eigenvalue weighted by atomic mass is 9.95. The van der Waals surface area contributed by atoms with E-state index >= 15 is 0 Å². The van der Waals surface area contributed by atoms with E-state index in [1.807, 2.05) is 0 Å². The van der Waals surface area contributed by atoms with Gasteiger partial charge in [0.15, 0.2) is 0 Å². The third-order valence-corrected chi connectivity index (χ3v) is 1.80. The van der Waals surface area contributed by atoms with Crippen LogP contribution >= 0.6 is 12.6 Å². The largest absolute Gasteiger partial charge is 0.401 e. The third kappa shape index (κ3) is 1.65. The van der Waals surface area contributed by atoms with E-state index in [0.717, 1.165) is 13.8 Å². The van der Waals surface area contributed by atoms with Gasteiger partial charge in [0.05, 0.1) is 0 Å². The topological polar surface area (TPSA) is 17.1 Å². The van der Waals surface area contributed by atoms with E-state index in [2.05, 4.69) is 12.6 Å². The molecule has 0 heterocycles. The number of carbonyl (C=O) groups is 1. The molecule has 0 aromatic rings. The van der Waals surface area contributed by atoms with Crippen molar-refractivity contribution in [3.05, 3.63) is 0 Å². The van der Waals surface area contributed by atoms with Crippen LogP contribution in [0.1, 0.15) is 13.8 Å². The molecule has 0 aromatic carbocycles. The molecule has 0 rings (SSSR count). The molecular formula is C5H7F3OS. The minimum absolute atomic E-state index is 0.794. The summed E-state index contributed by atoms with van der Waals surface area (Å²) < 4.78 is 35.4. The smallest absolute Gasteiger partial charge is 0.287 e. The number of alkyl halides is 3. The third-order valence-electron chi connectivity index (χ3n) is 1.24. The number of rotatable bonds is 1. The Bertz CT molecular complexity index is 149. The van der Waals surface area contributed by atoms with E-state index in [-0.39, 0.29) is 0 Å². The van der Waals surface area contributed by atoms with Crippen LogP contribution in [0, 0.1) is 5.41 Å². The first-order chi connectivity index (χ1) is 4.19. The molecule has 0 saturated heterocycles. The second kappa shape index (κ2) is 2.45. The highest BCUT2D eigenvalue weighted by Gasteiger charge is 2.51. The van der Waals surface area contributed by atoms with Crippen molar-refractivity contribution in [1.82, 2.24) is 0 Å². The fourth-order valence-electron chi connectivity index (χ4n) is 0.121. The molecule has 0 spiro atoms. The van der Waals surface area contributed by atoms with Crippen LogP contribution in [0.25, 0.3) is 0 Å². The molecule has 0 fully saturated rings. The number of carbonyl (C=O) groups excluding carboxylic acids is 1. The van der Waals surface area contributed by atoms with Gasteiger partial charge in [-0.2, -0.15) is 13.2 Å². The summed E-state index contributed by atoms with van der Waals surface area (Å²) in [6, 6.07) is 0. The summed E-state index contributed by atoms with van der Waals surface area (Å²) in [6.07, 6.45) is -4.51. The molecule has 5 heteroatoms. The number of halogens is 3. The predicted molar refractivity (Wildman–Crippen MR) is 33.8 cm³/mol. The first kappa shape index (κ1) is 9.81. The van der Waals surface area contributed by atoms with Gasteiger partial charge in [0.25, 0.3) is 0 Å². The molecule has 0 bridgehead atoms. The Morgan fingerprint density at radius 2 is 1.60 bits per heavy atom. The van der Waals surface area contributed by atoms with E-state index < -0.39 is 16.7 Å². The second-order valence-electron chi connectivity index (χ2n) is 2.43. The monoisotopic (exact) mass is 172 g/mol. The molecule has 1 nitrogen and oxygen atoms in total. The van der Waals surface area contributed by atoms with E-state index in [4.69, 9.17) is 0 Å². The molecule has 60 valence electrons. The van der Waals surface area contributed by atoms with Crippen molar-refractivity contribution in [3.8, 4) is 0 Å². The summed E-state index contributed by atoms with van der Waals surface area (Å²) in [4.78, 5) is 10.3. The van der Waals surface area contributed by atoms with Crippen LogP contribution in [0.15, 0.2) is 0 Å². The highest BCUT2D eigenvalue weighted by molar-refractivity contribution is 7.96. The van der Waals surface area contributed by atoms with Gasteiger partial charge in [0.1, 0.15) is 5.41 Å². The van der Waals surface area contributed by atoms with Crippen LogP contribution in [0.3, 0.4) is 0 Å². The quantitative estimate of drug-likeness (QED) is 0.599. The van der Waals surface area contributed by atoms with Gasteiger partial charge < -0.3 is 0 Å². The maximum absolute atomic E-state index is 11.8. The van der Waals surface area contributed by atoms with Gasteiger partial charge in [-0.25, -0.2) is 0 Å². The second-order valence-corrected chi connectivity index (χ2v) is 2.83. The Labute approximate surface area is 62.0 Å². The van der Waals surface area contributed by atoms with Crippen molar-refractivity contribution in [3.63, 3.8) is 0 Å². The molecule has 0 atom stereocenters. The van der Waals surface area contributed by atoms with Crippen molar-refractivity contribution < 1.29 is 18.0 Å². The summed E-state index contributed by atoms with van der Waals surface area (Å²) in [6.45, 7) is 1.59. The molecule has 0 aliphatic rings. The summed E-state index contributed by atoms with van der Waals surface area (Å²) in [5.41, 5.74) is -2.34. The Morgan fingerprint density at radius 1 is 1.30 bits per heavy atom. The lowest BCUT2D eigenvalue weighted by molar-refractivity contribution is -0.205. The highest BCUT2D eigenvalue weighted by Crippen LogP contribution is 2.38. The van der Waals surface area contributed by atoms with Crippen molar-refractivity contribution in [2.24, 2.45) is 5.41 Å². The molecule has 10 heavy (non-hydrogen) atoms.